The van der Waals surface area contributed by atoms with Crippen LogP contribution in [0.25, 0.3) is 0 Å². The smallest absolute Gasteiger partial charge is 0.330 e. The van der Waals surface area contributed by atoms with E-state index in [0.717, 1.165) is 18.5 Å². The van der Waals surface area contributed by atoms with Crippen LogP contribution in [0.2, 0.25) is 0 Å². The lowest BCUT2D eigenvalue weighted by atomic mass is 9.93. The van der Waals surface area contributed by atoms with E-state index in [1.165, 1.54) is 22.5 Å². The summed E-state index contributed by atoms with van der Waals surface area (Å²) in [6, 6.07) is -0.820. The summed E-state index contributed by atoms with van der Waals surface area (Å²) >= 11 is 1.49. The van der Waals surface area contributed by atoms with Crippen LogP contribution < -0.4 is 21.9 Å². The van der Waals surface area contributed by atoms with E-state index in [9.17, 15) is 49.2 Å². The monoisotopic (exact) mass is 909 g/mol. The number of aryl methyl sites for hydroxylation is 3. The Balaban J connectivity index is 1.11. The summed E-state index contributed by atoms with van der Waals surface area (Å²) in [5, 5.41) is 53.8. The minimum Gasteiger partial charge on any atom is -0.394 e. The molecule has 7 N–H and O–H groups in total. The van der Waals surface area contributed by atoms with Crippen molar-refractivity contribution in [2.75, 3.05) is 57.4 Å². The molecule has 2 saturated heterocycles. The zero-order valence-corrected chi connectivity index (χ0v) is 37.7. The number of rotatable bonds is 26. The predicted molar refractivity (Wildman–Crippen MR) is 231 cm³/mol. The van der Waals surface area contributed by atoms with Crippen LogP contribution >= 0.6 is 11.8 Å². The van der Waals surface area contributed by atoms with Crippen LogP contribution in [-0.2, 0) is 41.6 Å². The zero-order valence-electron chi connectivity index (χ0n) is 36.9. The maximum Gasteiger partial charge on any atom is 0.330 e. The van der Waals surface area contributed by atoms with Gasteiger partial charge in [0.2, 0.25) is 23.6 Å². The van der Waals surface area contributed by atoms with Gasteiger partial charge in [0.15, 0.2) is 0 Å². The van der Waals surface area contributed by atoms with E-state index < -0.39 is 60.6 Å². The second-order valence-electron chi connectivity index (χ2n) is 16.1. The van der Waals surface area contributed by atoms with Crippen LogP contribution in [0.1, 0.15) is 89.6 Å². The molecule has 4 heterocycles. The van der Waals surface area contributed by atoms with Gasteiger partial charge in [-0.25, -0.2) is 4.79 Å². The van der Waals surface area contributed by atoms with Gasteiger partial charge in [0.1, 0.15) is 24.5 Å². The van der Waals surface area contributed by atoms with Crippen molar-refractivity contribution < 1.29 is 49.1 Å². The van der Waals surface area contributed by atoms with Gasteiger partial charge in [-0.2, -0.15) is 11.8 Å². The first kappa shape index (κ1) is 51.4. The summed E-state index contributed by atoms with van der Waals surface area (Å²) in [6.45, 7) is 8.35. The van der Waals surface area contributed by atoms with E-state index in [1.807, 2.05) is 6.20 Å². The van der Waals surface area contributed by atoms with Gasteiger partial charge in [0, 0.05) is 94.4 Å². The number of H-pyrrole nitrogens is 1. The predicted octanol–water partition coefficient (Wildman–Crippen LogP) is -1.16. The van der Waals surface area contributed by atoms with Gasteiger partial charge < -0.3 is 50.3 Å². The number of aromatic amines is 1. The fourth-order valence-electron chi connectivity index (χ4n) is 7.80. The van der Waals surface area contributed by atoms with Gasteiger partial charge >= 0.3 is 5.69 Å². The van der Waals surface area contributed by atoms with Crippen LogP contribution in [-0.4, -0.2) is 172 Å². The fourth-order valence-corrected chi connectivity index (χ4v) is 8.68. The maximum absolute atomic E-state index is 12.8. The molecular weight excluding hydrogens is 843 g/mol. The molecule has 2 aromatic rings. The molecule has 3 unspecified atom stereocenters. The van der Waals surface area contributed by atoms with Gasteiger partial charge in [0.25, 0.3) is 5.56 Å². The molecular formula is C41H67N9O12S. The van der Waals surface area contributed by atoms with E-state index >= 15 is 0 Å². The van der Waals surface area contributed by atoms with Gasteiger partial charge in [-0.15, -0.1) is 5.10 Å². The number of thioether (sulfide) groups is 1. The van der Waals surface area contributed by atoms with Gasteiger partial charge in [-0.3, -0.25) is 38.2 Å². The number of carbonyl (C=O) groups excluding carboxylic acids is 4. The molecule has 0 spiro atoms. The van der Waals surface area contributed by atoms with E-state index in [1.54, 1.807) is 42.2 Å². The van der Waals surface area contributed by atoms with Crippen molar-refractivity contribution in [2.45, 2.75) is 135 Å². The molecule has 2 aromatic heterocycles. The van der Waals surface area contributed by atoms with Crippen LogP contribution in [0.4, 0.5) is 0 Å². The normalized spacial score (nSPS) is 23.4. The molecule has 2 aliphatic rings. The van der Waals surface area contributed by atoms with Crippen LogP contribution in [0.5, 0.6) is 0 Å². The number of nitrogens with zero attached hydrogens (tertiary/aromatic N) is 6. The SMILES string of the molecule is CCC(=O)N(CCNC(=O)CCCc1cn(CCC[C@@H]2C[C@H](n3cc(C)c(=O)[nH]c3=O)O[C@@H]2CO)nn1)CCN(CCSCCC(=O)NC1C(C)OC(CO)[C@@H](O)[C@H]1O)C(=O)CC. The standard InChI is InChI=1S/C41H67N9O12S/c1-5-34(55)47(16-17-48(35(56)6-2)18-20-63-19-12-33(54)43-37-27(4)61-31(25-52)38(57)39(37)58)15-13-42-32(53)11-7-10-29-23-49(46-45-29)14-8-9-28-21-36(62-30(28)24-51)50-22-26(3)40(59)44-41(50)60/h22-23,27-28,30-31,36-39,51-52,57-58H,5-21,24-25H2,1-4H3,(H,42,53)(H,43,54)(H,44,59,60)/t27?,28-,30-,31?,36-,37?,38-,39+/m1/s1. The number of hydrogen-bond donors (Lipinski definition) is 7. The summed E-state index contributed by atoms with van der Waals surface area (Å²) < 4.78 is 14.6. The number of aliphatic hydroxyl groups excluding tert-OH is 4. The Morgan fingerprint density at radius 3 is 2.29 bits per heavy atom. The van der Waals surface area contributed by atoms with Crippen molar-refractivity contribution in [2.24, 2.45) is 5.92 Å². The number of aromatic nitrogens is 5. The second kappa shape index (κ2) is 25.9. The lowest BCUT2D eigenvalue weighted by Crippen LogP contribution is -2.63. The van der Waals surface area contributed by atoms with E-state index in [-0.39, 0.29) is 62.0 Å². The Labute approximate surface area is 371 Å². The van der Waals surface area contributed by atoms with Gasteiger partial charge in [-0.05, 0) is 51.9 Å². The number of hydrogen-bond acceptors (Lipinski definition) is 15. The lowest BCUT2D eigenvalue weighted by Gasteiger charge is -2.41. The number of aliphatic hydroxyl groups is 4. The van der Waals surface area contributed by atoms with Crippen molar-refractivity contribution in [3.05, 3.63) is 44.5 Å². The van der Waals surface area contributed by atoms with Gasteiger partial charge in [0.05, 0.1) is 37.2 Å². The Hall–Kier alpha value is -4.19. The Kier molecular flexibility index (Phi) is 21.2. The van der Waals surface area contributed by atoms with Crippen molar-refractivity contribution in [3.63, 3.8) is 0 Å². The quantitative estimate of drug-likeness (QED) is 0.0549. The van der Waals surface area contributed by atoms with Crippen LogP contribution in [0, 0.1) is 12.8 Å². The first-order valence-electron chi connectivity index (χ1n) is 22.0. The molecule has 2 fully saturated rings. The first-order chi connectivity index (χ1) is 30.2. The van der Waals surface area contributed by atoms with Crippen molar-refractivity contribution >= 4 is 35.4 Å². The highest BCUT2D eigenvalue weighted by atomic mass is 32.2. The molecule has 0 radical (unpaired) electrons. The minimum absolute atomic E-state index is 0.00863. The topological polar surface area (TPSA) is 284 Å². The number of ether oxygens (including phenoxy) is 2. The van der Waals surface area contributed by atoms with Crippen molar-refractivity contribution in [1.82, 2.24) is 45.0 Å². The average Bonchev–Trinajstić information content (AvgIpc) is 3.91. The van der Waals surface area contributed by atoms with E-state index in [0.29, 0.717) is 75.5 Å². The Morgan fingerprint density at radius 2 is 1.60 bits per heavy atom. The van der Waals surface area contributed by atoms with E-state index in [4.69, 9.17) is 9.47 Å². The summed E-state index contributed by atoms with van der Waals surface area (Å²) in [7, 11) is 0. The summed E-state index contributed by atoms with van der Waals surface area (Å²) in [6.07, 6.45) is 2.25. The molecule has 0 aromatic carbocycles. The molecule has 4 amide bonds. The fraction of sp³-hybridized carbons (Fsp3) is 0.756. The highest BCUT2D eigenvalue weighted by Gasteiger charge is 2.43. The number of amides is 4. The molecule has 0 bridgehead atoms. The molecule has 22 heteroatoms. The summed E-state index contributed by atoms with van der Waals surface area (Å²) in [5.74, 6) is 0.401. The first-order valence-corrected chi connectivity index (χ1v) is 23.1. The summed E-state index contributed by atoms with van der Waals surface area (Å²) in [4.78, 5) is 80.6. The molecule has 0 saturated carbocycles. The third-order valence-electron chi connectivity index (χ3n) is 11.5. The third kappa shape index (κ3) is 15.5. The van der Waals surface area contributed by atoms with Crippen molar-refractivity contribution in [1.29, 1.82) is 0 Å². The molecule has 4 rings (SSSR count). The third-order valence-corrected chi connectivity index (χ3v) is 12.5. The second-order valence-corrected chi connectivity index (χ2v) is 17.3. The Morgan fingerprint density at radius 1 is 0.905 bits per heavy atom. The number of carbonyl (C=O) groups is 4. The van der Waals surface area contributed by atoms with Crippen molar-refractivity contribution in [3.8, 4) is 0 Å². The zero-order chi connectivity index (χ0) is 46.1. The number of nitrogens with one attached hydrogen (secondary N) is 3. The van der Waals surface area contributed by atoms with Gasteiger partial charge in [-0.1, -0.05) is 19.1 Å². The Bertz CT molecular complexity index is 1890. The van der Waals surface area contributed by atoms with Crippen LogP contribution in [0.15, 0.2) is 22.0 Å². The maximum atomic E-state index is 12.8. The lowest BCUT2D eigenvalue weighted by molar-refractivity contribution is -0.190. The molecule has 0 aliphatic carbocycles. The largest absolute Gasteiger partial charge is 0.394 e. The summed E-state index contributed by atoms with van der Waals surface area (Å²) in [5.41, 5.74) is 0.162. The minimum atomic E-state index is -1.33. The van der Waals surface area contributed by atoms with E-state index in [2.05, 4.69) is 25.9 Å². The average molecular weight is 910 g/mol. The molecule has 354 valence electrons. The highest BCUT2D eigenvalue weighted by Crippen LogP contribution is 2.35. The van der Waals surface area contributed by atoms with Crippen LogP contribution in [0.3, 0.4) is 0 Å². The molecule has 2 aliphatic heterocycles. The highest BCUT2D eigenvalue weighted by molar-refractivity contribution is 7.99. The molecule has 21 nitrogen and oxygen atoms in total. The molecule has 63 heavy (non-hydrogen) atoms. The molecule has 8 atom stereocenters.